The van der Waals surface area contributed by atoms with Crippen molar-refractivity contribution in [1.29, 1.82) is 0 Å². The van der Waals surface area contributed by atoms with Crippen LogP contribution in [0.5, 0.6) is 5.75 Å². The van der Waals surface area contributed by atoms with Crippen LogP contribution in [0.15, 0.2) is 18.2 Å². The number of aryl methyl sites for hydroxylation is 1. The summed E-state index contributed by atoms with van der Waals surface area (Å²) in [6, 6.07) is 6.20. The molecule has 1 nitrogen and oxygen atoms in total. The van der Waals surface area contributed by atoms with Gasteiger partial charge in [-0.2, -0.15) is 0 Å². The van der Waals surface area contributed by atoms with Gasteiger partial charge in [-0.05, 0) is 44.1 Å². The number of rotatable bonds is 2. The van der Waals surface area contributed by atoms with Crippen LogP contribution >= 0.6 is 0 Å². The summed E-state index contributed by atoms with van der Waals surface area (Å²) in [6.45, 7) is 8.51. The van der Waals surface area contributed by atoms with E-state index < -0.39 is 9.04 Å². The molecule has 1 aromatic rings. The molecule has 0 fully saturated rings. The zero-order chi connectivity index (χ0) is 9.14. The summed E-state index contributed by atoms with van der Waals surface area (Å²) in [4.78, 5) is 0. The minimum atomic E-state index is -0.626. The Balaban J connectivity index is 2.92. The van der Waals surface area contributed by atoms with Crippen LogP contribution in [0.2, 0.25) is 13.1 Å². The fourth-order valence-electron chi connectivity index (χ4n) is 1.05. The largest absolute Gasteiger partial charge is 0.542 e. The lowest BCUT2D eigenvalue weighted by Gasteiger charge is -2.12. The van der Waals surface area contributed by atoms with Gasteiger partial charge in [-0.3, -0.25) is 0 Å². The van der Waals surface area contributed by atoms with Crippen LogP contribution in [-0.4, -0.2) is 9.04 Å². The summed E-state index contributed by atoms with van der Waals surface area (Å²) in [5, 5.41) is 0. The van der Waals surface area contributed by atoms with Crippen LogP contribution in [0.1, 0.15) is 11.1 Å². The van der Waals surface area contributed by atoms with E-state index >= 15 is 0 Å². The highest BCUT2D eigenvalue weighted by atomic mass is 28.3. The van der Waals surface area contributed by atoms with Crippen molar-refractivity contribution in [1.82, 2.24) is 0 Å². The second-order valence-electron chi connectivity index (χ2n) is 3.21. The first kappa shape index (κ1) is 9.33. The van der Waals surface area contributed by atoms with Crippen LogP contribution in [0.3, 0.4) is 0 Å². The molecule has 0 amide bonds. The van der Waals surface area contributed by atoms with Crippen molar-refractivity contribution in [2.24, 2.45) is 0 Å². The van der Waals surface area contributed by atoms with Gasteiger partial charge in [0.05, 0.1) is 0 Å². The summed E-state index contributed by atoms with van der Waals surface area (Å²) in [7, 11) is -0.626. The van der Waals surface area contributed by atoms with E-state index in [1.165, 1.54) is 11.1 Å². The Morgan fingerprint density at radius 2 is 1.83 bits per heavy atom. The van der Waals surface area contributed by atoms with Crippen molar-refractivity contribution in [3.63, 3.8) is 0 Å². The summed E-state index contributed by atoms with van der Waals surface area (Å²) >= 11 is 0. The molecule has 1 radical (unpaired) electrons. The molecule has 0 saturated heterocycles. The van der Waals surface area contributed by atoms with Crippen molar-refractivity contribution >= 4 is 9.04 Å². The Morgan fingerprint density at radius 1 is 1.17 bits per heavy atom. The first-order valence-corrected chi connectivity index (χ1v) is 6.56. The quantitative estimate of drug-likeness (QED) is 0.634. The minimum absolute atomic E-state index is 0.626. The van der Waals surface area contributed by atoms with Gasteiger partial charge in [0.2, 0.25) is 0 Å². The van der Waals surface area contributed by atoms with Crippen molar-refractivity contribution < 1.29 is 4.43 Å². The van der Waals surface area contributed by atoms with Gasteiger partial charge in [0.25, 0.3) is 9.04 Å². The van der Waals surface area contributed by atoms with Crippen LogP contribution in [-0.2, 0) is 0 Å². The molecule has 0 aliphatic rings. The Morgan fingerprint density at radius 3 is 2.42 bits per heavy atom. The van der Waals surface area contributed by atoms with Crippen molar-refractivity contribution in [2.75, 3.05) is 0 Å². The smallest absolute Gasteiger partial charge is 0.274 e. The van der Waals surface area contributed by atoms with E-state index in [1.807, 2.05) is 12.1 Å². The molecule has 0 unspecified atom stereocenters. The highest BCUT2D eigenvalue weighted by Gasteiger charge is 2.04. The maximum Gasteiger partial charge on any atom is 0.274 e. The van der Waals surface area contributed by atoms with Crippen molar-refractivity contribution in [2.45, 2.75) is 26.9 Å². The van der Waals surface area contributed by atoms with Gasteiger partial charge < -0.3 is 4.43 Å². The highest BCUT2D eigenvalue weighted by Crippen LogP contribution is 2.20. The normalized spacial score (nSPS) is 10.4. The predicted octanol–water partition coefficient (Wildman–Crippen LogP) is 2.93. The molecule has 0 spiro atoms. The van der Waals surface area contributed by atoms with E-state index in [2.05, 4.69) is 33.0 Å². The number of hydrogen-bond donors (Lipinski definition) is 0. The van der Waals surface area contributed by atoms with E-state index in [0.717, 1.165) is 5.75 Å². The summed E-state index contributed by atoms with van der Waals surface area (Å²) in [5.74, 6) is 1.05. The maximum absolute atomic E-state index is 5.73. The average Bonchev–Trinajstić information content (AvgIpc) is 1.98. The molecule has 0 aromatic heterocycles. The molecule has 0 atom stereocenters. The topological polar surface area (TPSA) is 9.23 Å². The van der Waals surface area contributed by atoms with Gasteiger partial charge in [0, 0.05) is 0 Å². The Kier molecular flexibility index (Phi) is 2.92. The van der Waals surface area contributed by atoms with Gasteiger partial charge in [-0.15, -0.1) is 0 Å². The average molecular weight is 179 g/mol. The molecule has 0 saturated carbocycles. The monoisotopic (exact) mass is 179 g/mol. The van der Waals surface area contributed by atoms with Gasteiger partial charge in [-0.25, -0.2) is 0 Å². The molecular weight excluding hydrogens is 164 g/mol. The fourth-order valence-corrected chi connectivity index (χ4v) is 1.72. The lowest BCUT2D eigenvalue weighted by molar-refractivity contribution is 0.575. The molecule has 0 aliphatic heterocycles. The summed E-state index contributed by atoms with van der Waals surface area (Å²) < 4.78 is 5.73. The van der Waals surface area contributed by atoms with E-state index in [0.29, 0.717) is 0 Å². The van der Waals surface area contributed by atoms with Crippen LogP contribution in [0, 0.1) is 13.8 Å². The highest BCUT2D eigenvalue weighted by molar-refractivity contribution is 6.49. The third-order valence-corrected chi connectivity index (χ3v) is 2.50. The van der Waals surface area contributed by atoms with Gasteiger partial charge >= 0.3 is 0 Å². The van der Waals surface area contributed by atoms with Crippen molar-refractivity contribution in [3.05, 3.63) is 29.3 Å². The third kappa shape index (κ3) is 2.11. The van der Waals surface area contributed by atoms with Crippen LogP contribution in [0.4, 0.5) is 0 Å². The Hall–Kier alpha value is -0.763. The second-order valence-corrected chi connectivity index (χ2v) is 5.23. The lowest BCUT2D eigenvalue weighted by Crippen LogP contribution is -2.12. The summed E-state index contributed by atoms with van der Waals surface area (Å²) in [6.07, 6.45) is 0. The molecular formula is C10H15OSi. The summed E-state index contributed by atoms with van der Waals surface area (Å²) in [5.41, 5.74) is 2.57. The molecule has 1 rings (SSSR count). The SMILES string of the molecule is Cc1cccc(O[Si](C)C)c1C. The molecule has 0 aliphatic carbocycles. The zero-order valence-corrected chi connectivity index (χ0v) is 9.14. The first-order chi connectivity index (χ1) is 5.61. The molecule has 0 heterocycles. The number of benzene rings is 1. The first-order valence-electron chi connectivity index (χ1n) is 4.15. The van der Waals surface area contributed by atoms with E-state index in [1.54, 1.807) is 0 Å². The van der Waals surface area contributed by atoms with Gasteiger partial charge in [0.1, 0.15) is 5.75 Å². The van der Waals surface area contributed by atoms with Gasteiger partial charge in [0.15, 0.2) is 0 Å². The van der Waals surface area contributed by atoms with E-state index in [9.17, 15) is 0 Å². The third-order valence-electron chi connectivity index (χ3n) is 1.87. The standard InChI is InChI=1S/C10H15OSi/c1-8-6-5-7-10(9(8)2)11-12(3)4/h5-7H,1-4H3. The van der Waals surface area contributed by atoms with E-state index in [-0.39, 0.29) is 0 Å². The van der Waals surface area contributed by atoms with Crippen LogP contribution in [0.25, 0.3) is 0 Å². The van der Waals surface area contributed by atoms with Crippen molar-refractivity contribution in [3.8, 4) is 5.75 Å². The molecule has 65 valence electrons. The van der Waals surface area contributed by atoms with Gasteiger partial charge in [-0.1, -0.05) is 12.1 Å². The molecule has 12 heavy (non-hydrogen) atoms. The molecule has 0 bridgehead atoms. The lowest BCUT2D eigenvalue weighted by atomic mass is 10.1. The minimum Gasteiger partial charge on any atom is -0.542 e. The molecule has 1 aromatic carbocycles. The number of hydrogen-bond acceptors (Lipinski definition) is 1. The molecule has 2 heteroatoms. The second kappa shape index (κ2) is 3.76. The Labute approximate surface area is 76.1 Å². The Bertz CT molecular complexity index is 269. The predicted molar refractivity (Wildman–Crippen MR) is 54.0 cm³/mol. The van der Waals surface area contributed by atoms with E-state index in [4.69, 9.17) is 4.43 Å². The maximum atomic E-state index is 5.73. The molecule has 0 N–H and O–H groups in total. The zero-order valence-electron chi connectivity index (χ0n) is 8.14. The van der Waals surface area contributed by atoms with Crippen LogP contribution < -0.4 is 4.43 Å². The fraction of sp³-hybridized carbons (Fsp3) is 0.400.